The minimum Gasteiger partial charge on any atom is -0.491 e. The average molecular weight is 345 g/mol. The molecule has 2 heterocycles. The zero-order chi connectivity index (χ0) is 17.6. The van der Waals surface area contributed by atoms with E-state index in [4.69, 9.17) is 9.47 Å². The molecule has 134 valence electrons. The van der Waals surface area contributed by atoms with Gasteiger partial charge in [-0.2, -0.15) is 0 Å². The SMILES string of the molecule is CCOc1ccc(-c2nc(OC)ccc2N2CCCNCC2)cc1F. The van der Waals surface area contributed by atoms with E-state index in [1.165, 1.54) is 6.07 Å². The number of nitrogens with zero attached hydrogens (tertiary/aromatic N) is 2. The molecule has 1 fully saturated rings. The normalized spacial score (nSPS) is 14.9. The fourth-order valence-electron chi connectivity index (χ4n) is 3.02. The summed E-state index contributed by atoms with van der Waals surface area (Å²) in [7, 11) is 1.58. The molecule has 0 aliphatic carbocycles. The fourth-order valence-corrected chi connectivity index (χ4v) is 3.02. The molecule has 0 unspecified atom stereocenters. The van der Waals surface area contributed by atoms with E-state index in [0.717, 1.165) is 44.0 Å². The summed E-state index contributed by atoms with van der Waals surface area (Å²) in [5, 5.41) is 3.40. The van der Waals surface area contributed by atoms with Crippen LogP contribution < -0.4 is 19.7 Å². The number of hydrogen-bond donors (Lipinski definition) is 1. The standard InChI is InChI=1S/C19H24FN3O2/c1-3-25-17-7-5-14(13-15(17)20)19-16(6-8-18(22-19)24-2)23-11-4-9-21-10-12-23/h5-8,13,21H,3-4,9-12H2,1-2H3. The van der Waals surface area contributed by atoms with Crippen molar-refractivity contribution in [2.24, 2.45) is 0 Å². The van der Waals surface area contributed by atoms with Crippen LogP contribution in [0.3, 0.4) is 0 Å². The number of aromatic nitrogens is 1. The smallest absolute Gasteiger partial charge is 0.213 e. The van der Waals surface area contributed by atoms with Crippen LogP contribution in [0.5, 0.6) is 11.6 Å². The van der Waals surface area contributed by atoms with Gasteiger partial charge >= 0.3 is 0 Å². The molecule has 3 rings (SSSR count). The van der Waals surface area contributed by atoms with E-state index in [-0.39, 0.29) is 11.6 Å². The molecule has 2 aromatic rings. The summed E-state index contributed by atoms with van der Waals surface area (Å²) in [5.41, 5.74) is 2.43. The van der Waals surface area contributed by atoms with E-state index >= 15 is 0 Å². The molecule has 1 aliphatic rings. The van der Waals surface area contributed by atoms with Crippen LogP contribution in [0.1, 0.15) is 13.3 Å². The maximum absolute atomic E-state index is 14.3. The molecule has 0 saturated carbocycles. The largest absolute Gasteiger partial charge is 0.491 e. The van der Waals surface area contributed by atoms with Gasteiger partial charge in [0.15, 0.2) is 11.6 Å². The van der Waals surface area contributed by atoms with E-state index in [9.17, 15) is 4.39 Å². The average Bonchev–Trinajstić information content (AvgIpc) is 2.92. The van der Waals surface area contributed by atoms with Crippen molar-refractivity contribution in [2.45, 2.75) is 13.3 Å². The first-order valence-electron chi connectivity index (χ1n) is 8.66. The zero-order valence-electron chi connectivity index (χ0n) is 14.7. The van der Waals surface area contributed by atoms with Crippen LogP contribution in [-0.4, -0.2) is 44.9 Å². The number of ether oxygens (including phenoxy) is 2. The molecule has 0 bridgehead atoms. The summed E-state index contributed by atoms with van der Waals surface area (Å²) in [6.07, 6.45) is 1.06. The number of pyridine rings is 1. The first-order chi connectivity index (χ1) is 12.2. The van der Waals surface area contributed by atoms with Crippen LogP contribution in [0.2, 0.25) is 0 Å². The number of methoxy groups -OCH3 is 1. The summed E-state index contributed by atoms with van der Waals surface area (Å²) in [6, 6.07) is 8.83. The maximum atomic E-state index is 14.3. The van der Waals surface area contributed by atoms with Gasteiger partial charge in [-0.25, -0.2) is 9.37 Å². The first-order valence-corrected chi connectivity index (χ1v) is 8.66. The molecule has 0 atom stereocenters. The minimum atomic E-state index is -0.382. The number of halogens is 1. The van der Waals surface area contributed by atoms with Gasteiger partial charge in [0.05, 0.1) is 25.1 Å². The summed E-state index contributed by atoms with van der Waals surface area (Å²) in [4.78, 5) is 6.88. The van der Waals surface area contributed by atoms with Gasteiger partial charge in [0.2, 0.25) is 5.88 Å². The number of anilines is 1. The van der Waals surface area contributed by atoms with Gasteiger partial charge in [-0.1, -0.05) is 0 Å². The molecule has 1 aliphatic heterocycles. The van der Waals surface area contributed by atoms with Crippen molar-refractivity contribution in [3.05, 3.63) is 36.1 Å². The Balaban J connectivity index is 2.02. The van der Waals surface area contributed by atoms with Crippen LogP contribution in [0.15, 0.2) is 30.3 Å². The van der Waals surface area contributed by atoms with E-state index in [0.29, 0.717) is 18.1 Å². The van der Waals surface area contributed by atoms with Crippen LogP contribution in [0, 0.1) is 5.82 Å². The van der Waals surface area contributed by atoms with Crippen LogP contribution in [-0.2, 0) is 0 Å². The van der Waals surface area contributed by atoms with Crippen molar-refractivity contribution in [1.82, 2.24) is 10.3 Å². The molecule has 25 heavy (non-hydrogen) atoms. The topological polar surface area (TPSA) is 46.6 Å². The Morgan fingerprint density at radius 2 is 2.08 bits per heavy atom. The highest BCUT2D eigenvalue weighted by Crippen LogP contribution is 2.33. The molecular formula is C19H24FN3O2. The molecule has 0 spiro atoms. The van der Waals surface area contributed by atoms with Crippen LogP contribution in [0.25, 0.3) is 11.3 Å². The maximum Gasteiger partial charge on any atom is 0.213 e. The number of nitrogens with one attached hydrogen (secondary N) is 1. The third-order valence-electron chi connectivity index (χ3n) is 4.24. The van der Waals surface area contributed by atoms with Gasteiger partial charge in [-0.3, -0.25) is 0 Å². The second-order valence-corrected chi connectivity index (χ2v) is 5.89. The fraction of sp³-hybridized carbons (Fsp3) is 0.421. The zero-order valence-corrected chi connectivity index (χ0v) is 14.7. The third-order valence-corrected chi connectivity index (χ3v) is 4.24. The molecule has 0 amide bonds. The Morgan fingerprint density at radius 3 is 2.84 bits per heavy atom. The van der Waals surface area contributed by atoms with Gasteiger partial charge < -0.3 is 19.7 Å². The third kappa shape index (κ3) is 4.02. The lowest BCUT2D eigenvalue weighted by molar-refractivity contribution is 0.321. The summed E-state index contributed by atoms with van der Waals surface area (Å²) < 4.78 is 24.9. The predicted octanol–water partition coefficient (Wildman–Crippen LogP) is 3.09. The Bertz CT molecular complexity index is 716. The molecular weight excluding hydrogens is 321 g/mol. The Morgan fingerprint density at radius 1 is 1.20 bits per heavy atom. The second-order valence-electron chi connectivity index (χ2n) is 5.89. The Hall–Kier alpha value is -2.34. The molecule has 1 aromatic heterocycles. The lowest BCUT2D eigenvalue weighted by atomic mass is 10.1. The number of rotatable bonds is 5. The lowest BCUT2D eigenvalue weighted by Crippen LogP contribution is -2.28. The van der Waals surface area contributed by atoms with Crippen molar-refractivity contribution < 1.29 is 13.9 Å². The molecule has 6 heteroatoms. The second kappa shape index (κ2) is 8.16. The lowest BCUT2D eigenvalue weighted by Gasteiger charge is -2.25. The predicted molar refractivity (Wildman–Crippen MR) is 97.1 cm³/mol. The highest BCUT2D eigenvalue weighted by Gasteiger charge is 2.18. The number of hydrogen-bond acceptors (Lipinski definition) is 5. The minimum absolute atomic E-state index is 0.259. The molecule has 0 radical (unpaired) electrons. The highest BCUT2D eigenvalue weighted by molar-refractivity contribution is 5.76. The van der Waals surface area contributed by atoms with Gasteiger partial charge in [0, 0.05) is 31.3 Å². The number of benzene rings is 1. The Kier molecular flexibility index (Phi) is 5.71. The van der Waals surface area contributed by atoms with Crippen molar-refractivity contribution in [1.29, 1.82) is 0 Å². The highest BCUT2D eigenvalue weighted by atomic mass is 19.1. The van der Waals surface area contributed by atoms with E-state index in [2.05, 4.69) is 15.2 Å². The van der Waals surface area contributed by atoms with E-state index < -0.39 is 0 Å². The van der Waals surface area contributed by atoms with Crippen LogP contribution >= 0.6 is 0 Å². The van der Waals surface area contributed by atoms with Gasteiger partial charge in [-0.15, -0.1) is 0 Å². The molecule has 5 nitrogen and oxygen atoms in total. The molecule has 1 N–H and O–H groups in total. The summed E-state index contributed by atoms with van der Waals surface area (Å²) in [6.45, 7) is 6.02. The van der Waals surface area contributed by atoms with Crippen molar-refractivity contribution in [3.8, 4) is 22.9 Å². The van der Waals surface area contributed by atoms with Gasteiger partial charge in [0.1, 0.15) is 0 Å². The summed E-state index contributed by atoms with van der Waals surface area (Å²) >= 11 is 0. The summed E-state index contributed by atoms with van der Waals surface area (Å²) in [5.74, 6) is 0.392. The van der Waals surface area contributed by atoms with Crippen LogP contribution in [0.4, 0.5) is 10.1 Å². The molecule has 1 aromatic carbocycles. The van der Waals surface area contributed by atoms with Crippen molar-refractivity contribution in [3.63, 3.8) is 0 Å². The van der Waals surface area contributed by atoms with Gasteiger partial charge in [0.25, 0.3) is 0 Å². The van der Waals surface area contributed by atoms with Crippen molar-refractivity contribution in [2.75, 3.05) is 44.8 Å². The van der Waals surface area contributed by atoms with E-state index in [1.54, 1.807) is 13.2 Å². The molecule has 1 saturated heterocycles. The first kappa shape index (κ1) is 17.5. The monoisotopic (exact) mass is 345 g/mol. The Labute approximate surface area is 147 Å². The van der Waals surface area contributed by atoms with Gasteiger partial charge in [-0.05, 0) is 44.2 Å². The van der Waals surface area contributed by atoms with E-state index in [1.807, 2.05) is 25.1 Å². The quantitative estimate of drug-likeness (QED) is 0.902. The van der Waals surface area contributed by atoms with Crippen molar-refractivity contribution >= 4 is 5.69 Å².